The van der Waals surface area contributed by atoms with E-state index in [0.717, 1.165) is 12.0 Å². The highest BCUT2D eigenvalue weighted by Crippen LogP contribution is 2.44. The summed E-state index contributed by atoms with van der Waals surface area (Å²) in [6, 6.07) is 22.9. The Morgan fingerprint density at radius 3 is 2.55 bits per heavy atom. The number of thioether (sulfide) groups is 1. The van der Waals surface area contributed by atoms with E-state index in [2.05, 4.69) is 16.8 Å². The summed E-state index contributed by atoms with van der Waals surface area (Å²) >= 11 is 2.71. The van der Waals surface area contributed by atoms with E-state index in [0.29, 0.717) is 39.3 Å². The zero-order valence-electron chi connectivity index (χ0n) is 22.9. The molecule has 1 aromatic heterocycles. The first-order valence-corrected chi connectivity index (χ1v) is 15.2. The standard InChI is InChI=1S/C32H29N3O5S2/c1-3-17-39-24-15-13-22(14-16-24)28(36)26-27(23-11-8-12-25(19-23)40-18-4-2)35(30(38)29(26)37)31-33-34-32(42-31)41-20-21-9-6-5-7-10-21/h4-16,19,27,36H,2-3,17-18,20H2,1H3/b28-26+. The third-order valence-electron chi connectivity index (χ3n) is 6.39. The summed E-state index contributed by atoms with van der Waals surface area (Å²) in [4.78, 5) is 28.4. The Balaban J connectivity index is 1.53. The summed E-state index contributed by atoms with van der Waals surface area (Å²) in [7, 11) is 0. The maximum Gasteiger partial charge on any atom is 0.301 e. The molecule has 0 radical (unpaired) electrons. The number of aromatic nitrogens is 2. The van der Waals surface area contributed by atoms with Crippen LogP contribution < -0.4 is 14.4 Å². The van der Waals surface area contributed by atoms with E-state index in [1.165, 1.54) is 28.0 Å². The second-order valence-electron chi connectivity index (χ2n) is 9.34. The van der Waals surface area contributed by atoms with Crippen LogP contribution in [-0.2, 0) is 15.3 Å². The Labute approximate surface area is 252 Å². The van der Waals surface area contributed by atoms with Gasteiger partial charge in [0.25, 0.3) is 5.78 Å². The molecule has 1 aliphatic heterocycles. The molecule has 0 spiro atoms. The number of benzene rings is 3. The topological polar surface area (TPSA) is 102 Å². The predicted octanol–water partition coefficient (Wildman–Crippen LogP) is 6.81. The fourth-order valence-electron chi connectivity index (χ4n) is 4.44. The fourth-order valence-corrected chi connectivity index (χ4v) is 6.26. The molecule has 42 heavy (non-hydrogen) atoms. The molecule has 1 fully saturated rings. The van der Waals surface area contributed by atoms with Crippen LogP contribution in [0.15, 0.2) is 101 Å². The van der Waals surface area contributed by atoms with Crippen LogP contribution in [0.2, 0.25) is 0 Å². The molecule has 2 heterocycles. The number of hydrogen-bond acceptors (Lipinski definition) is 9. The van der Waals surface area contributed by atoms with Gasteiger partial charge >= 0.3 is 5.91 Å². The number of hydrogen-bond donors (Lipinski definition) is 1. The van der Waals surface area contributed by atoms with Gasteiger partial charge in [0.2, 0.25) is 5.13 Å². The predicted molar refractivity (Wildman–Crippen MR) is 165 cm³/mol. The molecule has 1 unspecified atom stereocenters. The maximum absolute atomic E-state index is 13.6. The van der Waals surface area contributed by atoms with E-state index in [1.54, 1.807) is 54.6 Å². The summed E-state index contributed by atoms with van der Waals surface area (Å²) < 4.78 is 12.0. The van der Waals surface area contributed by atoms with Crippen LogP contribution in [0, 0.1) is 0 Å². The summed E-state index contributed by atoms with van der Waals surface area (Å²) in [6.45, 7) is 6.55. The number of carbonyl (C=O) groups is 2. The number of rotatable bonds is 12. The molecule has 10 heteroatoms. The van der Waals surface area contributed by atoms with Gasteiger partial charge in [0.15, 0.2) is 4.34 Å². The van der Waals surface area contributed by atoms with E-state index in [9.17, 15) is 14.7 Å². The Bertz CT molecular complexity index is 1600. The first kappa shape index (κ1) is 29.1. The number of nitrogens with zero attached hydrogens (tertiary/aromatic N) is 3. The molecule has 3 aromatic carbocycles. The third-order valence-corrected chi connectivity index (χ3v) is 8.52. The van der Waals surface area contributed by atoms with Crippen LogP contribution in [0.25, 0.3) is 5.76 Å². The lowest BCUT2D eigenvalue weighted by Crippen LogP contribution is -2.29. The van der Waals surface area contributed by atoms with Crippen molar-refractivity contribution in [2.24, 2.45) is 0 Å². The molecule has 0 bridgehead atoms. The number of ketones is 1. The van der Waals surface area contributed by atoms with Gasteiger partial charge in [-0.05, 0) is 53.9 Å². The lowest BCUT2D eigenvalue weighted by atomic mass is 9.95. The van der Waals surface area contributed by atoms with Gasteiger partial charge < -0.3 is 14.6 Å². The van der Waals surface area contributed by atoms with E-state index in [-0.39, 0.29) is 23.1 Å². The Morgan fingerprint density at radius 1 is 1.02 bits per heavy atom. The molecule has 4 aromatic rings. The first-order valence-electron chi connectivity index (χ1n) is 13.4. The number of anilines is 1. The third kappa shape index (κ3) is 6.40. The van der Waals surface area contributed by atoms with Crippen molar-refractivity contribution in [3.63, 3.8) is 0 Å². The molecule has 1 amide bonds. The Kier molecular flexibility index (Phi) is 9.35. The van der Waals surface area contributed by atoms with Gasteiger partial charge in [-0.15, -0.1) is 10.2 Å². The van der Waals surface area contributed by atoms with E-state index in [4.69, 9.17) is 9.47 Å². The van der Waals surface area contributed by atoms with Crippen molar-refractivity contribution < 1.29 is 24.2 Å². The number of aliphatic hydroxyl groups is 1. The number of carbonyl (C=O) groups excluding carboxylic acids is 2. The summed E-state index contributed by atoms with van der Waals surface area (Å²) in [5, 5.41) is 20.3. The van der Waals surface area contributed by atoms with Gasteiger partial charge in [0.1, 0.15) is 23.9 Å². The van der Waals surface area contributed by atoms with Crippen molar-refractivity contribution in [2.45, 2.75) is 29.5 Å². The quantitative estimate of drug-likeness (QED) is 0.0473. The van der Waals surface area contributed by atoms with Crippen molar-refractivity contribution in [1.82, 2.24) is 10.2 Å². The SMILES string of the molecule is C=CCOc1cccc(C2/C(=C(\O)c3ccc(OCCC)cc3)C(=O)C(=O)N2c2nnc(SCc3ccccc3)s2)c1. The molecule has 1 N–H and O–H groups in total. The smallest absolute Gasteiger partial charge is 0.301 e. The monoisotopic (exact) mass is 599 g/mol. The van der Waals surface area contributed by atoms with Gasteiger partial charge in [-0.2, -0.15) is 0 Å². The number of amides is 1. The zero-order valence-corrected chi connectivity index (χ0v) is 24.6. The molecular formula is C32H29N3O5S2. The molecule has 1 atom stereocenters. The van der Waals surface area contributed by atoms with Crippen molar-refractivity contribution in [3.8, 4) is 11.5 Å². The lowest BCUT2D eigenvalue weighted by molar-refractivity contribution is -0.132. The number of aliphatic hydroxyl groups excluding tert-OH is 1. The molecule has 1 aliphatic rings. The Morgan fingerprint density at radius 2 is 1.81 bits per heavy atom. The minimum absolute atomic E-state index is 0.0446. The van der Waals surface area contributed by atoms with Crippen molar-refractivity contribution in [2.75, 3.05) is 18.1 Å². The van der Waals surface area contributed by atoms with Gasteiger partial charge in [0.05, 0.1) is 18.2 Å². The van der Waals surface area contributed by atoms with E-state index >= 15 is 0 Å². The molecule has 214 valence electrons. The van der Waals surface area contributed by atoms with Crippen molar-refractivity contribution >= 4 is 45.7 Å². The van der Waals surface area contributed by atoms with E-state index in [1.807, 2.05) is 37.3 Å². The number of Topliss-reactive ketones (excluding diaryl/α,β-unsaturated/α-hetero) is 1. The fraction of sp³-hybridized carbons (Fsp3) is 0.188. The maximum atomic E-state index is 13.6. The van der Waals surface area contributed by atoms with Gasteiger partial charge in [0, 0.05) is 11.3 Å². The first-order chi connectivity index (χ1) is 20.5. The van der Waals surface area contributed by atoms with Crippen LogP contribution in [0.4, 0.5) is 5.13 Å². The summed E-state index contributed by atoms with van der Waals surface area (Å²) in [5.41, 5.74) is 2.05. The highest BCUT2D eigenvalue weighted by atomic mass is 32.2. The Hall–Kier alpha value is -4.41. The van der Waals surface area contributed by atoms with Crippen LogP contribution >= 0.6 is 23.1 Å². The lowest BCUT2D eigenvalue weighted by Gasteiger charge is -2.23. The summed E-state index contributed by atoms with van der Waals surface area (Å²) in [5.74, 6) is -0.0343. The van der Waals surface area contributed by atoms with Crippen LogP contribution in [0.3, 0.4) is 0 Å². The highest BCUT2D eigenvalue weighted by molar-refractivity contribution is 8.00. The minimum Gasteiger partial charge on any atom is -0.507 e. The van der Waals surface area contributed by atoms with Crippen molar-refractivity contribution in [1.29, 1.82) is 0 Å². The van der Waals surface area contributed by atoms with Gasteiger partial charge in [-0.3, -0.25) is 14.5 Å². The molecule has 5 rings (SSSR count). The minimum atomic E-state index is -0.951. The summed E-state index contributed by atoms with van der Waals surface area (Å²) in [6.07, 6.45) is 2.49. The second-order valence-corrected chi connectivity index (χ2v) is 11.5. The van der Waals surface area contributed by atoms with Crippen LogP contribution in [0.1, 0.15) is 36.1 Å². The highest BCUT2D eigenvalue weighted by Gasteiger charge is 2.48. The molecule has 0 saturated carbocycles. The van der Waals surface area contributed by atoms with Crippen molar-refractivity contribution in [3.05, 3.63) is 114 Å². The van der Waals surface area contributed by atoms with Crippen LogP contribution in [-0.4, -0.2) is 40.2 Å². The number of ether oxygens (including phenoxy) is 2. The second kappa shape index (κ2) is 13.5. The van der Waals surface area contributed by atoms with Gasteiger partial charge in [-0.1, -0.05) is 85.1 Å². The average molecular weight is 600 g/mol. The van der Waals surface area contributed by atoms with E-state index < -0.39 is 17.7 Å². The van der Waals surface area contributed by atoms with Crippen LogP contribution in [0.5, 0.6) is 11.5 Å². The van der Waals surface area contributed by atoms with Gasteiger partial charge in [-0.25, -0.2) is 0 Å². The normalized spacial score (nSPS) is 16.0. The molecule has 0 aliphatic carbocycles. The largest absolute Gasteiger partial charge is 0.507 e. The zero-order chi connectivity index (χ0) is 29.5. The average Bonchev–Trinajstić information content (AvgIpc) is 3.60. The molecular weight excluding hydrogens is 571 g/mol. The molecule has 8 nitrogen and oxygen atoms in total. The molecule has 1 saturated heterocycles.